The highest BCUT2D eigenvalue weighted by atomic mass is 16.5. The van der Waals surface area contributed by atoms with Gasteiger partial charge in [-0.25, -0.2) is 4.79 Å². The molecular formula is C25H39N3O5. The maximum atomic E-state index is 13.5. The topological polar surface area (TPSA) is 111 Å². The van der Waals surface area contributed by atoms with Gasteiger partial charge in [0.25, 0.3) is 0 Å². The van der Waals surface area contributed by atoms with E-state index in [-0.39, 0.29) is 31.1 Å². The van der Waals surface area contributed by atoms with Crippen molar-refractivity contribution in [3.8, 4) is 0 Å². The molecule has 8 heteroatoms. The Morgan fingerprint density at radius 2 is 1.79 bits per heavy atom. The Bertz CT molecular complexity index is 743. The summed E-state index contributed by atoms with van der Waals surface area (Å²) in [4.78, 5) is 40.2. The van der Waals surface area contributed by atoms with Crippen molar-refractivity contribution in [1.29, 1.82) is 0 Å². The first kappa shape index (κ1) is 26.8. The molecule has 0 bridgehead atoms. The van der Waals surface area contributed by atoms with Gasteiger partial charge >= 0.3 is 11.9 Å². The first-order valence-corrected chi connectivity index (χ1v) is 12.2. The first-order chi connectivity index (χ1) is 16.0. The Morgan fingerprint density at radius 3 is 2.45 bits per heavy atom. The highest BCUT2D eigenvalue weighted by Crippen LogP contribution is 2.21. The van der Waals surface area contributed by atoms with Crippen molar-refractivity contribution in [3.05, 3.63) is 35.9 Å². The number of nitrogens with two attached hydrogens (primary N) is 1. The number of hydrogen-bond donors (Lipinski definition) is 2. The van der Waals surface area contributed by atoms with Crippen LogP contribution in [0.1, 0.15) is 57.9 Å². The van der Waals surface area contributed by atoms with Crippen LogP contribution in [-0.2, 0) is 30.3 Å². The molecule has 33 heavy (non-hydrogen) atoms. The summed E-state index contributed by atoms with van der Waals surface area (Å²) < 4.78 is 10.5. The molecule has 0 aromatic heterocycles. The monoisotopic (exact) mass is 461 g/mol. The highest BCUT2D eigenvalue weighted by Gasteiger charge is 2.39. The van der Waals surface area contributed by atoms with Crippen LogP contribution in [0.25, 0.3) is 0 Å². The third kappa shape index (κ3) is 8.44. The van der Waals surface area contributed by atoms with Crippen molar-refractivity contribution in [1.82, 2.24) is 10.2 Å². The fraction of sp³-hybridized carbons (Fsp3) is 0.640. The quantitative estimate of drug-likeness (QED) is 0.323. The van der Waals surface area contributed by atoms with E-state index < -0.39 is 18.1 Å². The SMILES string of the molecule is CCOC(=O)[C@H](CCc1ccccc1)N[C@@H](CCCCN)C(=O)N1CCC[C@H]1C(=O)OCC. The van der Waals surface area contributed by atoms with E-state index in [1.54, 1.807) is 18.7 Å². The average molecular weight is 462 g/mol. The lowest BCUT2D eigenvalue weighted by Gasteiger charge is -2.30. The molecule has 0 spiro atoms. The minimum Gasteiger partial charge on any atom is -0.465 e. The number of esters is 2. The van der Waals surface area contributed by atoms with Gasteiger partial charge in [0.05, 0.1) is 19.3 Å². The van der Waals surface area contributed by atoms with E-state index in [0.717, 1.165) is 24.8 Å². The molecule has 184 valence electrons. The van der Waals surface area contributed by atoms with Gasteiger partial charge in [-0.2, -0.15) is 0 Å². The second-order valence-electron chi connectivity index (χ2n) is 8.27. The molecule has 2 rings (SSSR count). The smallest absolute Gasteiger partial charge is 0.328 e. The van der Waals surface area contributed by atoms with E-state index in [4.69, 9.17) is 15.2 Å². The lowest BCUT2D eigenvalue weighted by Crippen LogP contribution is -2.54. The molecule has 1 amide bonds. The Balaban J connectivity index is 2.16. The van der Waals surface area contributed by atoms with Gasteiger partial charge in [0.15, 0.2) is 0 Å². The minimum atomic E-state index is -0.624. The van der Waals surface area contributed by atoms with Crippen LogP contribution in [-0.4, -0.2) is 67.2 Å². The zero-order valence-electron chi connectivity index (χ0n) is 20.0. The van der Waals surface area contributed by atoms with Crippen molar-refractivity contribution in [2.75, 3.05) is 26.3 Å². The largest absolute Gasteiger partial charge is 0.465 e. The standard InChI is InChI=1S/C25H39N3O5/c1-3-32-24(30)21(16-15-19-11-6-5-7-12-19)27-20(13-8-9-17-26)23(29)28-18-10-14-22(28)25(31)33-4-2/h5-7,11-12,20-22,27H,3-4,8-10,13-18,26H2,1-2H3/t20-,21-,22-/m0/s1. The summed E-state index contributed by atoms with van der Waals surface area (Å²) in [5.74, 6) is -0.903. The molecule has 0 unspecified atom stereocenters. The zero-order chi connectivity index (χ0) is 24.1. The van der Waals surface area contributed by atoms with Gasteiger partial charge in [0, 0.05) is 6.54 Å². The number of carbonyl (C=O) groups is 3. The number of aryl methyl sites for hydroxylation is 1. The third-order valence-electron chi connectivity index (χ3n) is 5.88. The predicted octanol–water partition coefficient (Wildman–Crippen LogP) is 2.19. The minimum absolute atomic E-state index is 0.170. The predicted molar refractivity (Wildman–Crippen MR) is 126 cm³/mol. The van der Waals surface area contributed by atoms with Gasteiger partial charge in [-0.3, -0.25) is 14.9 Å². The number of hydrogen-bond acceptors (Lipinski definition) is 7. The van der Waals surface area contributed by atoms with Gasteiger partial charge in [-0.1, -0.05) is 36.8 Å². The molecule has 1 aromatic carbocycles. The van der Waals surface area contributed by atoms with E-state index in [1.807, 2.05) is 30.3 Å². The average Bonchev–Trinajstić information content (AvgIpc) is 3.31. The lowest BCUT2D eigenvalue weighted by atomic mass is 10.0. The maximum absolute atomic E-state index is 13.5. The summed E-state index contributed by atoms with van der Waals surface area (Å²) in [6.45, 7) is 5.11. The molecule has 1 heterocycles. The number of nitrogens with zero attached hydrogens (tertiary/aromatic N) is 1. The first-order valence-electron chi connectivity index (χ1n) is 12.2. The van der Waals surface area contributed by atoms with Crippen molar-refractivity contribution >= 4 is 17.8 Å². The highest BCUT2D eigenvalue weighted by molar-refractivity contribution is 5.89. The molecule has 1 aromatic rings. The van der Waals surface area contributed by atoms with Crippen LogP contribution in [0.15, 0.2) is 30.3 Å². The van der Waals surface area contributed by atoms with Crippen LogP contribution in [0, 0.1) is 0 Å². The summed E-state index contributed by atoms with van der Waals surface area (Å²) in [6, 6.07) is 8.11. The molecule has 0 aliphatic carbocycles. The van der Waals surface area contributed by atoms with Crippen molar-refractivity contribution in [3.63, 3.8) is 0 Å². The fourth-order valence-corrected chi connectivity index (χ4v) is 4.20. The number of unbranched alkanes of at least 4 members (excludes halogenated alkanes) is 1. The number of carbonyl (C=O) groups excluding carboxylic acids is 3. The van der Waals surface area contributed by atoms with E-state index in [9.17, 15) is 14.4 Å². The van der Waals surface area contributed by atoms with E-state index >= 15 is 0 Å². The van der Waals surface area contributed by atoms with Crippen LogP contribution in [0.5, 0.6) is 0 Å². The fourth-order valence-electron chi connectivity index (χ4n) is 4.20. The molecule has 3 atom stereocenters. The molecule has 0 saturated carbocycles. The van der Waals surface area contributed by atoms with E-state index in [2.05, 4.69) is 5.32 Å². The second-order valence-corrected chi connectivity index (χ2v) is 8.27. The summed E-state index contributed by atoms with van der Waals surface area (Å²) in [5, 5.41) is 3.28. The van der Waals surface area contributed by atoms with Crippen LogP contribution in [0.4, 0.5) is 0 Å². The number of likely N-dealkylation sites (tertiary alicyclic amines) is 1. The van der Waals surface area contributed by atoms with Crippen LogP contribution < -0.4 is 11.1 Å². The van der Waals surface area contributed by atoms with Crippen LogP contribution >= 0.6 is 0 Å². The van der Waals surface area contributed by atoms with Gasteiger partial charge in [0.1, 0.15) is 12.1 Å². The lowest BCUT2D eigenvalue weighted by molar-refractivity contribution is -0.154. The van der Waals surface area contributed by atoms with Gasteiger partial charge < -0.3 is 20.1 Å². The third-order valence-corrected chi connectivity index (χ3v) is 5.88. The Morgan fingerprint density at radius 1 is 1.06 bits per heavy atom. The van der Waals surface area contributed by atoms with Crippen molar-refractivity contribution in [2.24, 2.45) is 5.73 Å². The van der Waals surface area contributed by atoms with Crippen molar-refractivity contribution < 1.29 is 23.9 Å². The van der Waals surface area contributed by atoms with E-state index in [0.29, 0.717) is 38.8 Å². The summed E-state index contributed by atoms with van der Waals surface area (Å²) in [6.07, 6.45) is 4.58. The summed E-state index contributed by atoms with van der Waals surface area (Å²) in [7, 11) is 0. The Labute approximate surface area is 197 Å². The van der Waals surface area contributed by atoms with Crippen LogP contribution in [0.2, 0.25) is 0 Å². The number of ether oxygens (including phenoxy) is 2. The summed E-state index contributed by atoms with van der Waals surface area (Å²) in [5.41, 5.74) is 6.77. The maximum Gasteiger partial charge on any atom is 0.328 e. The number of nitrogens with one attached hydrogen (secondary N) is 1. The molecule has 3 N–H and O–H groups in total. The van der Waals surface area contributed by atoms with Gasteiger partial charge in [0.2, 0.25) is 5.91 Å². The number of amides is 1. The number of rotatable bonds is 14. The summed E-state index contributed by atoms with van der Waals surface area (Å²) >= 11 is 0. The normalized spacial score (nSPS) is 17.4. The van der Waals surface area contributed by atoms with Crippen molar-refractivity contribution in [2.45, 2.75) is 76.9 Å². The molecule has 1 saturated heterocycles. The molecular weight excluding hydrogens is 422 g/mol. The second kappa shape index (κ2) is 14.6. The number of benzene rings is 1. The Kier molecular flexibility index (Phi) is 11.9. The Hall–Kier alpha value is -2.45. The zero-order valence-corrected chi connectivity index (χ0v) is 20.0. The molecule has 8 nitrogen and oxygen atoms in total. The van der Waals surface area contributed by atoms with Gasteiger partial charge in [-0.05, 0) is 64.5 Å². The molecule has 0 radical (unpaired) electrons. The molecule has 1 fully saturated rings. The van der Waals surface area contributed by atoms with E-state index in [1.165, 1.54) is 0 Å². The van der Waals surface area contributed by atoms with Crippen LogP contribution in [0.3, 0.4) is 0 Å². The molecule has 1 aliphatic heterocycles. The molecule has 1 aliphatic rings. The van der Waals surface area contributed by atoms with Gasteiger partial charge in [-0.15, -0.1) is 0 Å².